The van der Waals surface area contributed by atoms with Crippen molar-refractivity contribution in [2.45, 2.75) is 13.3 Å². The standard InChI is InChI=1S/C30H25N3O2S2/c1-20-7-16-26-27(19-20)37-29(32-26)23-8-12-24(13-9-23)31-30(36)33-28(34)22-10-14-25(15-11-22)35-18-17-21-5-3-2-4-6-21/h2-16,19H,17-18H2,1H3,(H2,31,33,34,36). The highest BCUT2D eigenvalue weighted by molar-refractivity contribution is 7.80. The minimum atomic E-state index is -0.283. The van der Waals surface area contributed by atoms with Crippen molar-refractivity contribution >= 4 is 50.5 Å². The van der Waals surface area contributed by atoms with E-state index in [4.69, 9.17) is 21.9 Å². The Kier molecular flexibility index (Phi) is 7.54. The van der Waals surface area contributed by atoms with Gasteiger partial charge in [0.1, 0.15) is 10.8 Å². The zero-order valence-corrected chi connectivity index (χ0v) is 21.9. The second-order valence-electron chi connectivity index (χ2n) is 8.58. The summed E-state index contributed by atoms with van der Waals surface area (Å²) in [5.74, 6) is 0.436. The molecule has 5 rings (SSSR count). The average molecular weight is 524 g/mol. The Bertz CT molecular complexity index is 1530. The molecule has 1 aromatic heterocycles. The third-order valence-corrected chi connectivity index (χ3v) is 7.05. The van der Waals surface area contributed by atoms with E-state index in [1.54, 1.807) is 35.6 Å². The number of aromatic nitrogens is 1. The Labute approximate surface area is 225 Å². The van der Waals surface area contributed by atoms with Gasteiger partial charge in [-0.3, -0.25) is 10.1 Å². The van der Waals surface area contributed by atoms with E-state index in [0.717, 1.165) is 33.9 Å². The van der Waals surface area contributed by atoms with Crippen molar-refractivity contribution in [3.8, 4) is 16.3 Å². The first-order chi connectivity index (χ1) is 18.0. The van der Waals surface area contributed by atoms with E-state index in [1.165, 1.54) is 15.8 Å². The third kappa shape index (κ3) is 6.39. The van der Waals surface area contributed by atoms with Crippen LogP contribution in [0.15, 0.2) is 97.1 Å². The predicted molar refractivity (Wildman–Crippen MR) is 156 cm³/mol. The van der Waals surface area contributed by atoms with Crippen LogP contribution in [-0.2, 0) is 6.42 Å². The molecular weight excluding hydrogens is 498 g/mol. The second kappa shape index (κ2) is 11.3. The molecule has 1 amide bonds. The number of fused-ring (bicyclic) bond motifs is 1. The van der Waals surface area contributed by atoms with Crippen molar-refractivity contribution in [2.75, 3.05) is 11.9 Å². The van der Waals surface area contributed by atoms with Crippen LogP contribution < -0.4 is 15.4 Å². The summed E-state index contributed by atoms with van der Waals surface area (Å²) in [4.78, 5) is 17.3. The predicted octanol–water partition coefficient (Wildman–Crippen LogP) is 7.02. The second-order valence-corrected chi connectivity index (χ2v) is 10.0. The summed E-state index contributed by atoms with van der Waals surface area (Å²) in [5.41, 5.74) is 5.77. The number of ether oxygens (including phenoxy) is 1. The largest absolute Gasteiger partial charge is 0.493 e. The van der Waals surface area contributed by atoms with E-state index in [1.807, 2.05) is 48.5 Å². The minimum absolute atomic E-state index is 0.233. The van der Waals surface area contributed by atoms with Gasteiger partial charge in [0.25, 0.3) is 5.91 Å². The molecule has 0 spiro atoms. The van der Waals surface area contributed by atoms with Crippen LogP contribution in [0.1, 0.15) is 21.5 Å². The summed E-state index contributed by atoms with van der Waals surface area (Å²) < 4.78 is 6.97. The van der Waals surface area contributed by atoms with Crippen LogP contribution in [0.25, 0.3) is 20.8 Å². The molecule has 0 saturated heterocycles. The molecule has 1 heterocycles. The van der Waals surface area contributed by atoms with Crippen molar-refractivity contribution < 1.29 is 9.53 Å². The molecule has 0 bridgehead atoms. The van der Waals surface area contributed by atoms with Gasteiger partial charge < -0.3 is 10.1 Å². The van der Waals surface area contributed by atoms with Crippen LogP contribution in [0.3, 0.4) is 0 Å². The van der Waals surface area contributed by atoms with E-state index in [-0.39, 0.29) is 11.0 Å². The summed E-state index contributed by atoms with van der Waals surface area (Å²) in [6.07, 6.45) is 0.824. The van der Waals surface area contributed by atoms with Crippen LogP contribution in [0, 0.1) is 6.92 Å². The molecular formula is C30H25N3O2S2. The molecule has 7 heteroatoms. The van der Waals surface area contributed by atoms with Crippen molar-refractivity contribution in [2.24, 2.45) is 0 Å². The molecule has 5 nitrogen and oxygen atoms in total. The third-order valence-electron chi connectivity index (χ3n) is 5.78. The van der Waals surface area contributed by atoms with Gasteiger partial charge in [-0.2, -0.15) is 0 Å². The Morgan fingerprint density at radius 2 is 1.70 bits per heavy atom. The van der Waals surface area contributed by atoms with Gasteiger partial charge in [-0.05, 0) is 90.9 Å². The van der Waals surface area contributed by atoms with Crippen LogP contribution >= 0.6 is 23.6 Å². The molecule has 0 aliphatic rings. The number of carbonyl (C=O) groups is 1. The zero-order chi connectivity index (χ0) is 25.6. The maximum Gasteiger partial charge on any atom is 0.257 e. The first-order valence-corrected chi connectivity index (χ1v) is 13.1. The molecule has 0 saturated carbocycles. The van der Waals surface area contributed by atoms with Gasteiger partial charge in [0, 0.05) is 23.2 Å². The van der Waals surface area contributed by atoms with Gasteiger partial charge in [-0.1, -0.05) is 36.4 Å². The van der Waals surface area contributed by atoms with E-state index in [0.29, 0.717) is 12.2 Å². The lowest BCUT2D eigenvalue weighted by atomic mass is 10.2. The van der Waals surface area contributed by atoms with E-state index in [9.17, 15) is 4.79 Å². The molecule has 0 radical (unpaired) electrons. The molecule has 4 aromatic carbocycles. The Morgan fingerprint density at radius 3 is 2.46 bits per heavy atom. The number of benzene rings is 4. The van der Waals surface area contributed by atoms with Crippen LogP contribution in [0.2, 0.25) is 0 Å². The first-order valence-electron chi connectivity index (χ1n) is 11.9. The maximum absolute atomic E-state index is 12.6. The van der Waals surface area contributed by atoms with Crippen LogP contribution in [0.5, 0.6) is 5.75 Å². The van der Waals surface area contributed by atoms with E-state index in [2.05, 4.69) is 41.8 Å². The number of amides is 1. The molecule has 2 N–H and O–H groups in total. The summed E-state index contributed by atoms with van der Waals surface area (Å²) in [5, 5.41) is 7.00. The lowest BCUT2D eigenvalue weighted by Crippen LogP contribution is -2.34. The molecule has 5 aromatic rings. The summed E-state index contributed by atoms with van der Waals surface area (Å²) >= 11 is 7.02. The van der Waals surface area contributed by atoms with Crippen LogP contribution in [0.4, 0.5) is 5.69 Å². The number of thiazole rings is 1. The number of rotatable bonds is 7. The summed E-state index contributed by atoms with van der Waals surface area (Å²) in [6.45, 7) is 2.65. The smallest absolute Gasteiger partial charge is 0.257 e. The number of aryl methyl sites for hydroxylation is 1. The zero-order valence-electron chi connectivity index (χ0n) is 20.2. The highest BCUT2D eigenvalue weighted by Crippen LogP contribution is 2.31. The molecule has 37 heavy (non-hydrogen) atoms. The molecule has 0 atom stereocenters. The van der Waals surface area contributed by atoms with Gasteiger partial charge in [0.15, 0.2) is 5.11 Å². The molecule has 0 aliphatic heterocycles. The number of nitrogens with zero attached hydrogens (tertiary/aromatic N) is 1. The fourth-order valence-electron chi connectivity index (χ4n) is 3.82. The normalized spacial score (nSPS) is 10.7. The lowest BCUT2D eigenvalue weighted by Gasteiger charge is -2.11. The van der Waals surface area contributed by atoms with Crippen molar-refractivity contribution in [3.05, 3.63) is 114 Å². The molecule has 0 unspecified atom stereocenters. The quantitative estimate of drug-likeness (QED) is 0.225. The number of anilines is 1. The van der Waals surface area contributed by atoms with Gasteiger partial charge in [-0.15, -0.1) is 11.3 Å². The van der Waals surface area contributed by atoms with Crippen LogP contribution in [-0.4, -0.2) is 22.6 Å². The number of carbonyl (C=O) groups excluding carboxylic acids is 1. The Balaban J connectivity index is 1.12. The Morgan fingerprint density at radius 1 is 0.946 bits per heavy atom. The topological polar surface area (TPSA) is 63.2 Å². The van der Waals surface area contributed by atoms with Gasteiger partial charge in [0.2, 0.25) is 0 Å². The van der Waals surface area contributed by atoms with E-state index >= 15 is 0 Å². The highest BCUT2D eigenvalue weighted by atomic mass is 32.1. The number of hydrogen-bond donors (Lipinski definition) is 2. The van der Waals surface area contributed by atoms with Gasteiger partial charge >= 0.3 is 0 Å². The fraction of sp³-hybridized carbons (Fsp3) is 0.100. The minimum Gasteiger partial charge on any atom is -0.493 e. The monoisotopic (exact) mass is 523 g/mol. The lowest BCUT2D eigenvalue weighted by molar-refractivity contribution is 0.0977. The first kappa shape index (κ1) is 24.6. The maximum atomic E-state index is 12.6. The number of thiocarbonyl (C=S) groups is 1. The van der Waals surface area contributed by atoms with E-state index < -0.39 is 0 Å². The van der Waals surface area contributed by atoms with Crippen molar-refractivity contribution in [1.82, 2.24) is 10.3 Å². The average Bonchev–Trinajstić information content (AvgIpc) is 3.33. The number of nitrogens with one attached hydrogen (secondary N) is 2. The van der Waals surface area contributed by atoms with Crippen molar-refractivity contribution in [3.63, 3.8) is 0 Å². The SMILES string of the molecule is Cc1ccc2nc(-c3ccc(NC(=S)NC(=O)c4ccc(OCCc5ccccc5)cc4)cc3)sc2c1. The summed E-state index contributed by atoms with van der Waals surface area (Å²) in [6, 6.07) is 31.3. The number of hydrogen-bond acceptors (Lipinski definition) is 5. The summed E-state index contributed by atoms with van der Waals surface area (Å²) in [7, 11) is 0. The fourth-order valence-corrected chi connectivity index (χ4v) is 5.10. The molecule has 0 fully saturated rings. The molecule has 0 aliphatic carbocycles. The molecule has 184 valence electrons. The highest BCUT2D eigenvalue weighted by Gasteiger charge is 2.10. The Hall–Kier alpha value is -4.07. The van der Waals surface area contributed by atoms with Gasteiger partial charge in [-0.25, -0.2) is 4.98 Å². The van der Waals surface area contributed by atoms with Crippen molar-refractivity contribution in [1.29, 1.82) is 0 Å². The van der Waals surface area contributed by atoms with Gasteiger partial charge in [0.05, 0.1) is 16.8 Å².